The maximum atomic E-state index is 13.1. The number of Topliss-reactive ketones (excluding diaryl/α,β-unsaturated/α-hetero) is 1. The van der Waals surface area contributed by atoms with Gasteiger partial charge in [0.2, 0.25) is 0 Å². The molecule has 0 unspecified atom stereocenters. The Morgan fingerprint density at radius 1 is 1.39 bits per heavy atom. The fraction of sp³-hybridized carbons (Fsp3) is 0.350. The van der Waals surface area contributed by atoms with E-state index in [9.17, 15) is 9.59 Å². The number of carbonyl (C=O) groups excluding carboxylic acids is 1. The number of rotatable bonds is 7. The van der Waals surface area contributed by atoms with Crippen LogP contribution < -0.4 is 5.56 Å². The zero-order valence-electron chi connectivity index (χ0n) is 16.1. The van der Waals surface area contributed by atoms with Crippen molar-refractivity contribution in [2.45, 2.75) is 37.7 Å². The Morgan fingerprint density at radius 2 is 2.14 bits per heavy atom. The SMILES string of the molecule is COCCn1c(S[C@H](C)C(=O)c2cccc(Cl)c2)nc2sc(C)c(C)c2c1=O. The van der Waals surface area contributed by atoms with Gasteiger partial charge >= 0.3 is 0 Å². The van der Waals surface area contributed by atoms with Crippen molar-refractivity contribution in [2.75, 3.05) is 13.7 Å². The monoisotopic (exact) mass is 436 g/mol. The molecule has 28 heavy (non-hydrogen) atoms. The average molecular weight is 437 g/mol. The maximum absolute atomic E-state index is 13.1. The summed E-state index contributed by atoms with van der Waals surface area (Å²) in [5, 5.41) is 1.28. The molecule has 2 aromatic heterocycles. The molecule has 5 nitrogen and oxygen atoms in total. The van der Waals surface area contributed by atoms with Crippen molar-refractivity contribution in [3.8, 4) is 0 Å². The predicted molar refractivity (Wildman–Crippen MR) is 116 cm³/mol. The van der Waals surface area contributed by atoms with E-state index in [2.05, 4.69) is 0 Å². The molecule has 0 saturated carbocycles. The summed E-state index contributed by atoms with van der Waals surface area (Å²) in [6.45, 7) is 6.51. The number of carbonyl (C=O) groups is 1. The molecule has 1 aromatic carbocycles. The van der Waals surface area contributed by atoms with E-state index in [1.165, 1.54) is 23.1 Å². The van der Waals surface area contributed by atoms with E-state index in [0.29, 0.717) is 39.1 Å². The number of methoxy groups -OCH3 is 1. The van der Waals surface area contributed by atoms with Crippen molar-refractivity contribution in [3.05, 3.63) is 55.6 Å². The van der Waals surface area contributed by atoms with Crippen LogP contribution in [0, 0.1) is 13.8 Å². The van der Waals surface area contributed by atoms with E-state index in [4.69, 9.17) is 21.3 Å². The molecule has 148 valence electrons. The second kappa shape index (κ2) is 8.78. The first-order valence-corrected chi connectivity index (χ1v) is 10.9. The molecule has 0 saturated heterocycles. The highest BCUT2D eigenvalue weighted by atomic mass is 35.5. The summed E-state index contributed by atoms with van der Waals surface area (Å²) in [5.74, 6) is -0.0568. The molecular weight excluding hydrogens is 416 g/mol. The highest BCUT2D eigenvalue weighted by Crippen LogP contribution is 2.30. The van der Waals surface area contributed by atoms with Crippen molar-refractivity contribution in [2.24, 2.45) is 0 Å². The van der Waals surface area contributed by atoms with Crippen LogP contribution in [0.3, 0.4) is 0 Å². The normalized spacial score (nSPS) is 12.5. The Labute approximate surface area is 176 Å². The number of aryl methyl sites for hydroxylation is 2. The molecule has 0 aliphatic carbocycles. The third-order valence-electron chi connectivity index (χ3n) is 4.53. The Morgan fingerprint density at radius 3 is 2.82 bits per heavy atom. The molecule has 0 radical (unpaired) electrons. The first kappa shape index (κ1) is 21.0. The zero-order valence-corrected chi connectivity index (χ0v) is 18.5. The number of halogens is 1. The molecule has 3 aromatic rings. The minimum absolute atomic E-state index is 0.0568. The number of aromatic nitrogens is 2. The number of nitrogens with zero attached hydrogens (tertiary/aromatic N) is 2. The second-order valence-corrected chi connectivity index (χ2v) is 9.39. The van der Waals surface area contributed by atoms with Gasteiger partial charge in [-0.2, -0.15) is 0 Å². The van der Waals surface area contributed by atoms with Gasteiger partial charge in [-0.05, 0) is 38.5 Å². The lowest BCUT2D eigenvalue weighted by Crippen LogP contribution is -2.26. The number of hydrogen-bond donors (Lipinski definition) is 0. The molecule has 0 bridgehead atoms. The molecule has 0 fully saturated rings. The van der Waals surface area contributed by atoms with Gasteiger partial charge in [0.05, 0.1) is 23.8 Å². The third kappa shape index (κ3) is 4.17. The average Bonchev–Trinajstić information content (AvgIpc) is 2.94. The summed E-state index contributed by atoms with van der Waals surface area (Å²) in [5.41, 5.74) is 1.42. The van der Waals surface area contributed by atoms with Gasteiger partial charge in [0.25, 0.3) is 5.56 Å². The molecule has 0 amide bonds. The summed E-state index contributed by atoms with van der Waals surface area (Å²) in [6.07, 6.45) is 0. The fourth-order valence-electron chi connectivity index (χ4n) is 2.87. The number of ether oxygens (including phenoxy) is 1. The van der Waals surface area contributed by atoms with E-state index in [-0.39, 0.29) is 11.3 Å². The number of thioether (sulfide) groups is 1. The summed E-state index contributed by atoms with van der Waals surface area (Å²) < 4.78 is 6.77. The summed E-state index contributed by atoms with van der Waals surface area (Å²) >= 11 is 8.80. The van der Waals surface area contributed by atoms with Crippen molar-refractivity contribution in [1.29, 1.82) is 0 Å². The van der Waals surface area contributed by atoms with Crippen LogP contribution in [-0.4, -0.2) is 34.3 Å². The lowest BCUT2D eigenvalue weighted by Gasteiger charge is -2.15. The van der Waals surface area contributed by atoms with Crippen molar-refractivity contribution in [3.63, 3.8) is 0 Å². The van der Waals surface area contributed by atoms with Gasteiger partial charge in [-0.25, -0.2) is 4.98 Å². The molecule has 0 aliphatic rings. The van der Waals surface area contributed by atoms with E-state index < -0.39 is 5.25 Å². The van der Waals surface area contributed by atoms with Crippen LogP contribution in [0.2, 0.25) is 5.02 Å². The van der Waals surface area contributed by atoms with Crippen LogP contribution in [0.1, 0.15) is 27.7 Å². The van der Waals surface area contributed by atoms with Crippen LogP contribution in [0.25, 0.3) is 10.2 Å². The Kier molecular flexibility index (Phi) is 6.60. The number of thiophene rings is 1. The first-order chi connectivity index (χ1) is 13.3. The van der Waals surface area contributed by atoms with Gasteiger partial charge < -0.3 is 4.74 Å². The summed E-state index contributed by atoms with van der Waals surface area (Å²) in [4.78, 5) is 32.4. The number of ketones is 1. The minimum Gasteiger partial charge on any atom is -0.383 e. The quantitative estimate of drug-likeness (QED) is 0.304. The van der Waals surface area contributed by atoms with Gasteiger partial charge in [-0.15, -0.1) is 11.3 Å². The summed E-state index contributed by atoms with van der Waals surface area (Å²) in [6, 6.07) is 6.88. The van der Waals surface area contributed by atoms with E-state index >= 15 is 0 Å². The summed E-state index contributed by atoms with van der Waals surface area (Å²) in [7, 11) is 1.59. The molecule has 1 atom stereocenters. The number of hydrogen-bond acceptors (Lipinski definition) is 6. The van der Waals surface area contributed by atoms with E-state index in [1.807, 2.05) is 20.8 Å². The van der Waals surface area contributed by atoms with Gasteiger partial charge in [-0.1, -0.05) is 35.5 Å². The van der Waals surface area contributed by atoms with Crippen LogP contribution in [-0.2, 0) is 11.3 Å². The van der Waals surface area contributed by atoms with Crippen molar-refractivity contribution in [1.82, 2.24) is 9.55 Å². The fourth-order valence-corrected chi connectivity index (χ4v) is 5.14. The highest BCUT2D eigenvalue weighted by molar-refractivity contribution is 8.00. The zero-order chi connectivity index (χ0) is 20.4. The highest BCUT2D eigenvalue weighted by Gasteiger charge is 2.22. The Hall–Kier alpha value is -1.67. The molecule has 3 rings (SSSR count). The molecule has 0 N–H and O–H groups in total. The predicted octanol–water partition coefficient (Wildman–Crippen LogP) is 4.74. The van der Waals surface area contributed by atoms with Crippen molar-refractivity contribution >= 4 is 50.7 Å². The molecule has 8 heteroatoms. The van der Waals surface area contributed by atoms with Gasteiger partial charge in [0.1, 0.15) is 4.83 Å². The number of fused-ring (bicyclic) bond motifs is 1. The van der Waals surface area contributed by atoms with Gasteiger partial charge in [-0.3, -0.25) is 14.2 Å². The molecule has 0 spiro atoms. The van der Waals surface area contributed by atoms with Crippen LogP contribution in [0.4, 0.5) is 0 Å². The Balaban J connectivity index is 2.01. The molecule has 2 heterocycles. The third-order valence-corrected chi connectivity index (χ3v) is 6.96. The number of benzene rings is 1. The molecular formula is C20H21ClN2O3S2. The Bertz CT molecular complexity index is 1090. The maximum Gasteiger partial charge on any atom is 0.263 e. The lowest BCUT2D eigenvalue weighted by molar-refractivity contribution is 0.0994. The van der Waals surface area contributed by atoms with E-state index in [1.54, 1.807) is 35.9 Å². The standard InChI is InChI=1S/C20H21ClN2O3S2/c1-11-12(2)27-18-16(11)19(25)23(8-9-26-4)20(22-18)28-13(3)17(24)14-6-5-7-15(21)10-14/h5-7,10,13H,8-9H2,1-4H3/t13-/m1/s1. The van der Waals surface area contributed by atoms with E-state index in [0.717, 1.165) is 10.4 Å². The topological polar surface area (TPSA) is 61.2 Å². The van der Waals surface area contributed by atoms with Crippen LogP contribution in [0.15, 0.2) is 34.2 Å². The second-order valence-electron chi connectivity index (χ2n) is 6.44. The van der Waals surface area contributed by atoms with Gasteiger partial charge in [0.15, 0.2) is 10.9 Å². The van der Waals surface area contributed by atoms with Crippen molar-refractivity contribution < 1.29 is 9.53 Å². The smallest absolute Gasteiger partial charge is 0.263 e. The van der Waals surface area contributed by atoms with Gasteiger partial charge in [0, 0.05) is 22.6 Å². The molecule has 0 aliphatic heterocycles. The minimum atomic E-state index is -0.418. The van der Waals surface area contributed by atoms with Crippen LogP contribution in [0.5, 0.6) is 0 Å². The lowest BCUT2D eigenvalue weighted by atomic mass is 10.1. The van der Waals surface area contributed by atoms with Crippen LogP contribution >= 0.6 is 34.7 Å². The largest absolute Gasteiger partial charge is 0.383 e. The first-order valence-electron chi connectivity index (χ1n) is 8.79.